The lowest BCUT2D eigenvalue weighted by molar-refractivity contribution is 0.0743. The highest BCUT2D eigenvalue weighted by Gasteiger charge is 2.24. The number of benzene rings is 1. The number of nitrogens with zero attached hydrogens (tertiary/aromatic N) is 3. The van der Waals surface area contributed by atoms with Crippen LogP contribution in [0.15, 0.2) is 36.7 Å². The van der Waals surface area contributed by atoms with E-state index in [2.05, 4.69) is 10.4 Å². The van der Waals surface area contributed by atoms with E-state index in [-0.39, 0.29) is 11.9 Å². The molecule has 2 heterocycles. The molecule has 2 aromatic rings. The smallest absolute Gasteiger partial charge is 0.253 e. The largest absolute Gasteiger partial charge is 0.337 e. The number of aromatic nitrogens is 2. The number of rotatable bonds is 3. The van der Waals surface area contributed by atoms with E-state index in [4.69, 9.17) is 0 Å². The molecule has 0 unspecified atom stereocenters. The highest BCUT2D eigenvalue weighted by Crippen LogP contribution is 2.17. The van der Waals surface area contributed by atoms with Crippen LogP contribution in [-0.2, 0) is 0 Å². The molecule has 3 rings (SSSR count). The van der Waals surface area contributed by atoms with Gasteiger partial charge in [-0.25, -0.2) is 9.07 Å². The van der Waals surface area contributed by atoms with Crippen LogP contribution in [0.2, 0.25) is 0 Å². The summed E-state index contributed by atoms with van der Waals surface area (Å²) >= 11 is 0. The Hall–Kier alpha value is -2.21. The van der Waals surface area contributed by atoms with Crippen LogP contribution in [0, 0.1) is 5.82 Å². The molecule has 1 saturated heterocycles. The molecule has 1 atom stereocenters. The second kappa shape index (κ2) is 5.65. The zero-order chi connectivity index (χ0) is 14.8. The molecule has 5 nitrogen and oxygen atoms in total. The topological polar surface area (TPSA) is 50.2 Å². The molecule has 0 bridgehead atoms. The summed E-state index contributed by atoms with van der Waals surface area (Å²) in [5.41, 5.74) is 0.694. The molecule has 0 spiro atoms. The first kappa shape index (κ1) is 13.8. The Labute approximate surface area is 122 Å². The predicted molar refractivity (Wildman–Crippen MR) is 76.9 cm³/mol. The molecule has 110 valence electrons. The van der Waals surface area contributed by atoms with E-state index in [0.717, 1.165) is 19.5 Å². The minimum absolute atomic E-state index is 0.158. The number of carbonyl (C=O) groups is 1. The summed E-state index contributed by atoms with van der Waals surface area (Å²) in [6, 6.07) is 6.39. The maximum Gasteiger partial charge on any atom is 0.253 e. The fourth-order valence-electron chi connectivity index (χ4n) is 2.58. The highest BCUT2D eigenvalue weighted by molar-refractivity contribution is 5.94. The van der Waals surface area contributed by atoms with Crippen molar-refractivity contribution in [2.24, 2.45) is 0 Å². The monoisotopic (exact) mass is 288 g/mol. The van der Waals surface area contributed by atoms with Crippen molar-refractivity contribution in [2.45, 2.75) is 12.5 Å². The molecule has 1 aromatic carbocycles. The van der Waals surface area contributed by atoms with Crippen molar-refractivity contribution in [3.8, 4) is 5.69 Å². The molecule has 1 aliphatic heterocycles. The lowest BCUT2D eigenvalue weighted by Gasteiger charge is -2.24. The van der Waals surface area contributed by atoms with Crippen LogP contribution in [-0.4, -0.2) is 46.8 Å². The summed E-state index contributed by atoms with van der Waals surface area (Å²) in [4.78, 5) is 14.1. The van der Waals surface area contributed by atoms with Gasteiger partial charge in [-0.1, -0.05) is 0 Å². The maximum absolute atomic E-state index is 14.2. The van der Waals surface area contributed by atoms with Gasteiger partial charge < -0.3 is 10.2 Å². The van der Waals surface area contributed by atoms with Crippen LogP contribution in [0.1, 0.15) is 16.8 Å². The van der Waals surface area contributed by atoms with E-state index in [9.17, 15) is 9.18 Å². The van der Waals surface area contributed by atoms with Gasteiger partial charge in [0.2, 0.25) is 0 Å². The predicted octanol–water partition coefficient (Wildman–Crippen LogP) is 1.45. The minimum Gasteiger partial charge on any atom is -0.337 e. The van der Waals surface area contributed by atoms with E-state index in [1.165, 1.54) is 10.7 Å². The van der Waals surface area contributed by atoms with Gasteiger partial charge in [0, 0.05) is 37.6 Å². The van der Waals surface area contributed by atoms with Crippen molar-refractivity contribution in [3.63, 3.8) is 0 Å². The summed E-state index contributed by atoms with van der Waals surface area (Å²) in [6.07, 6.45) is 4.17. The van der Waals surface area contributed by atoms with Crippen molar-refractivity contribution in [1.29, 1.82) is 0 Å². The molecular weight excluding hydrogens is 271 g/mol. The van der Waals surface area contributed by atoms with Gasteiger partial charge in [-0.2, -0.15) is 5.10 Å². The fourth-order valence-corrected chi connectivity index (χ4v) is 2.58. The molecule has 1 N–H and O–H groups in total. The van der Waals surface area contributed by atoms with Crippen LogP contribution >= 0.6 is 0 Å². The van der Waals surface area contributed by atoms with Crippen LogP contribution in [0.25, 0.3) is 5.69 Å². The third kappa shape index (κ3) is 2.67. The van der Waals surface area contributed by atoms with E-state index in [0.29, 0.717) is 11.3 Å². The van der Waals surface area contributed by atoms with Crippen LogP contribution in [0.5, 0.6) is 0 Å². The molecule has 1 aliphatic rings. The van der Waals surface area contributed by atoms with Crippen molar-refractivity contribution >= 4 is 5.91 Å². The van der Waals surface area contributed by atoms with Gasteiger partial charge in [-0.05, 0) is 37.2 Å². The normalized spacial score (nSPS) is 17.9. The second-order valence-electron chi connectivity index (χ2n) is 5.18. The van der Waals surface area contributed by atoms with Crippen LogP contribution < -0.4 is 5.32 Å². The average Bonchev–Trinajstić information content (AvgIpc) is 3.18. The lowest BCUT2D eigenvalue weighted by Crippen LogP contribution is -2.38. The van der Waals surface area contributed by atoms with E-state index in [1.807, 2.05) is 0 Å². The van der Waals surface area contributed by atoms with Crippen molar-refractivity contribution in [1.82, 2.24) is 20.0 Å². The van der Waals surface area contributed by atoms with Gasteiger partial charge in [-0.3, -0.25) is 4.79 Å². The molecule has 0 aliphatic carbocycles. The molecule has 21 heavy (non-hydrogen) atoms. The number of likely N-dealkylation sites (N-methyl/N-ethyl adjacent to an activating group) is 1. The van der Waals surface area contributed by atoms with E-state index < -0.39 is 5.82 Å². The Kier molecular flexibility index (Phi) is 3.70. The molecular formula is C15H17FN4O. The minimum atomic E-state index is -0.456. The fraction of sp³-hybridized carbons (Fsp3) is 0.333. The standard InChI is InChI=1S/C15H17FN4O/c1-19(12-5-7-17-10-12)15(21)11-3-4-14(13(16)9-11)20-8-2-6-18-20/h2-4,6,8-9,12,17H,5,7,10H2,1H3/t12-/m0/s1. The van der Waals surface area contributed by atoms with E-state index in [1.54, 1.807) is 42.5 Å². The van der Waals surface area contributed by atoms with Gasteiger partial charge in [-0.15, -0.1) is 0 Å². The summed E-state index contributed by atoms with van der Waals surface area (Å²) in [7, 11) is 1.76. The summed E-state index contributed by atoms with van der Waals surface area (Å²) in [5, 5.41) is 7.21. The number of hydrogen-bond donors (Lipinski definition) is 1. The molecule has 1 amide bonds. The molecule has 0 radical (unpaired) electrons. The summed E-state index contributed by atoms with van der Waals surface area (Å²) in [6.45, 7) is 1.70. The number of hydrogen-bond acceptors (Lipinski definition) is 3. The second-order valence-corrected chi connectivity index (χ2v) is 5.18. The Bertz CT molecular complexity index is 635. The number of nitrogens with one attached hydrogen (secondary N) is 1. The zero-order valence-electron chi connectivity index (χ0n) is 11.8. The third-order valence-corrected chi connectivity index (χ3v) is 3.85. The molecule has 1 fully saturated rings. The average molecular weight is 288 g/mol. The SMILES string of the molecule is CN(C(=O)c1ccc(-n2cccn2)c(F)c1)[C@H]1CCNC1. The lowest BCUT2D eigenvalue weighted by atomic mass is 10.1. The highest BCUT2D eigenvalue weighted by atomic mass is 19.1. The van der Waals surface area contributed by atoms with Crippen molar-refractivity contribution < 1.29 is 9.18 Å². The first-order valence-electron chi connectivity index (χ1n) is 6.94. The van der Waals surface area contributed by atoms with Crippen molar-refractivity contribution in [3.05, 3.63) is 48.0 Å². The van der Waals surface area contributed by atoms with Crippen LogP contribution in [0.3, 0.4) is 0 Å². The molecule has 6 heteroatoms. The Morgan fingerprint density at radius 3 is 3.00 bits per heavy atom. The first-order valence-corrected chi connectivity index (χ1v) is 6.94. The van der Waals surface area contributed by atoms with Gasteiger partial charge in [0.25, 0.3) is 5.91 Å². The summed E-state index contributed by atoms with van der Waals surface area (Å²) in [5.74, 6) is -0.614. The Morgan fingerprint density at radius 2 is 2.38 bits per heavy atom. The van der Waals surface area contributed by atoms with Gasteiger partial charge in [0.1, 0.15) is 11.5 Å². The van der Waals surface area contributed by atoms with E-state index >= 15 is 0 Å². The number of halogens is 1. The Morgan fingerprint density at radius 1 is 1.52 bits per heavy atom. The van der Waals surface area contributed by atoms with Gasteiger partial charge in [0.05, 0.1) is 0 Å². The molecule has 0 saturated carbocycles. The quantitative estimate of drug-likeness (QED) is 0.930. The third-order valence-electron chi connectivity index (χ3n) is 3.85. The van der Waals surface area contributed by atoms with Crippen molar-refractivity contribution in [2.75, 3.05) is 20.1 Å². The zero-order valence-corrected chi connectivity index (χ0v) is 11.8. The first-order chi connectivity index (χ1) is 10.2. The van der Waals surface area contributed by atoms with Gasteiger partial charge in [0.15, 0.2) is 0 Å². The molecule has 1 aromatic heterocycles. The van der Waals surface area contributed by atoms with Crippen LogP contribution in [0.4, 0.5) is 4.39 Å². The maximum atomic E-state index is 14.2. The number of carbonyl (C=O) groups excluding carboxylic acids is 1. The number of amides is 1. The van der Waals surface area contributed by atoms with Gasteiger partial charge >= 0.3 is 0 Å². The Balaban J connectivity index is 1.83. The summed E-state index contributed by atoms with van der Waals surface area (Å²) < 4.78 is 15.6.